The van der Waals surface area contributed by atoms with Gasteiger partial charge in [0.05, 0.1) is 12.3 Å². The summed E-state index contributed by atoms with van der Waals surface area (Å²) in [6.45, 7) is 2.58. The lowest BCUT2D eigenvalue weighted by Gasteiger charge is -2.11. The number of hydrogen-bond donors (Lipinski definition) is 2. The Kier molecular flexibility index (Phi) is 6.69. The minimum absolute atomic E-state index is 0.0149. The highest BCUT2D eigenvalue weighted by Crippen LogP contribution is 2.19. The fourth-order valence-corrected chi connectivity index (χ4v) is 2.40. The average Bonchev–Trinajstić information content (AvgIpc) is 2.55. The van der Waals surface area contributed by atoms with Crippen molar-refractivity contribution in [1.82, 2.24) is 5.32 Å². The topological polar surface area (TPSA) is 50.4 Å². The SMILES string of the molecule is CCCOc1cccc(C(=O)NC(=S)Nc2ccc(Br)cc2F)c1. The number of hydrogen-bond acceptors (Lipinski definition) is 3. The third-order valence-corrected chi connectivity index (χ3v) is 3.67. The van der Waals surface area contributed by atoms with Gasteiger partial charge in [0.2, 0.25) is 0 Å². The zero-order valence-electron chi connectivity index (χ0n) is 12.9. The van der Waals surface area contributed by atoms with Crippen molar-refractivity contribution in [2.45, 2.75) is 13.3 Å². The third kappa shape index (κ3) is 5.28. The monoisotopic (exact) mass is 410 g/mol. The van der Waals surface area contributed by atoms with Crippen molar-refractivity contribution in [1.29, 1.82) is 0 Å². The molecule has 4 nitrogen and oxygen atoms in total. The van der Waals surface area contributed by atoms with Gasteiger partial charge in [-0.25, -0.2) is 4.39 Å². The lowest BCUT2D eigenvalue weighted by molar-refractivity contribution is 0.0977. The Hall–Kier alpha value is -1.99. The molecule has 0 aromatic heterocycles. The van der Waals surface area contributed by atoms with Crippen molar-refractivity contribution in [3.8, 4) is 5.75 Å². The van der Waals surface area contributed by atoms with Crippen LogP contribution in [0.25, 0.3) is 0 Å². The van der Waals surface area contributed by atoms with Crippen LogP contribution in [-0.2, 0) is 0 Å². The summed E-state index contributed by atoms with van der Waals surface area (Å²) in [7, 11) is 0. The molecular formula is C17H16BrFN2O2S. The second-order valence-corrected chi connectivity index (χ2v) is 6.23. The molecule has 0 atom stereocenters. The molecular weight excluding hydrogens is 395 g/mol. The Morgan fingerprint density at radius 3 is 2.79 bits per heavy atom. The first-order valence-corrected chi connectivity index (χ1v) is 8.50. The van der Waals surface area contributed by atoms with Crippen LogP contribution in [0.5, 0.6) is 5.75 Å². The van der Waals surface area contributed by atoms with E-state index in [4.69, 9.17) is 17.0 Å². The number of ether oxygens (including phenoxy) is 1. The van der Waals surface area contributed by atoms with Crippen LogP contribution in [-0.4, -0.2) is 17.6 Å². The Labute approximate surface area is 153 Å². The van der Waals surface area contributed by atoms with Gasteiger partial charge in [-0.05, 0) is 55.0 Å². The van der Waals surface area contributed by atoms with E-state index in [1.807, 2.05) is 6.92 Å². The van der Waals surface area contributed by atoms with Gasteiger partial charge in [0.25, 0.3) is 5.91 Å². The van der Waals surface area contributed by atoms with Crippen molar-refractivity contribution in [2.24, 2.45) is 0 Å². The van der Waals surface area contributed by atoms with Crippen molar-refractivity contribution in [2.75, 3.05) is 11.9 Å². The van der Waals surface area contributed by atoms with Crippen LogP contribution in [0.1, 0.15) is 23.7 Å². The van der Waals surface area contributed by atoms with E-state index in [0.29, 0.717) is 22.4 Å². The molecule has 0 aliphatic heterocycles. The van der Waals surface area contributed by atoms with Gasteiger partial charge in [-0.15, -0.1) is 0 Å². The highest BCUT2D eigenvalue weighted by Gasteiger charge is 2.11. The molecule has 0 saturated carbocycles. The number of benzene rings is 2. The molecule has 2 aromatic carbocycles. The summed E-state index contributed by atoms with van der Waals surface area (Å²) in [6.07, 6.45) is 0.878. The van der Waals surface area contributed by atoms with Gasteiger partial charge in [-0.1, -0.05) is 28.9 Å². The van der Waals surface area contributed by atoms with E-state index in [-0.39, 0.29) is 10.8 Å². The summed E-state index contributed by atoms with van der Waals surface area (Å²) in [6, 6.07) is 11.3. The average molecular weight is 411 g/mol. The van der Waals surface area contributed by atoms with E-state index < -0.39 is 11.7 Å². The fourth-order valence-electron chi connectivity index (χ4n) is 1.87. The molecule has 0 radical (unpaired) electrons. The van der Waals surface area contributed by atoms with Gasteiger partial charge in [0, 0.05) is 10.0 Å². The van der Waals surface area contributed by atoms with Crippen LogP contribution >= 0.6 is 28.1 Å². The smallest absolute Gasteiger partial charge is 0.257 e. The van der Waals surface area contributed by atoms with Gasteiger partial charge in [-0.2, -0.15) is 0 Å². The normalized spacial score (nSPS) is 10.1. The number of thiocarbonyl (C=S) groups is 1. The maximum atomic E-state index is 13.8. The number of rotatable bonds is 5. The van der Waals surface area contributed by atoms with Gasteiger partial charge in [-0.3, -0.25) is 10.1 Å². The summed E-state index contributed by atoms with van der Waals surface area (Å²) in [5.74, 6) is -0.259. The molecule has 0 saturated heterocycles. The second-order valence-electron chi connectivity index (χ2n) is 4.91. The molecule has 1 amide bonds. The largest absolute Gasteiger partial charge is 0.494 e. The summed E-state index contributed by atoms with van der Waals surface area (Å²) < 4.78 is 19.9. The van der Waals surface area contributed by atoms with Crippen LogP contribution in [0.2, 0.25) is 0 Å². The minimum atomic E-state index is -0.476. The lowest BCUT2D eigenvalue weighted by Crippen LogP contribution is -2.34. The molecule has 0 heterocycles. The van der Waals surface area contributed by atoms with Gasteiger partial charge in [0.1, 0.15) is 11.6 Å². The predicted octanol–water partition coefficient (Wildman–Crippen LogP) is 4.50. The van der Waals surface area contributed by atoms with Gasteiger partial charge in [0.15, 0.2) is 5.11 Å². The number of amides is 1. The first kappa shape index (κ1) is 18.4. The quantitative estimate of drug-likeness (QED) is 0.712. The number of carbonyl (C=O) groups excluding carboxylic acids is 1. The number of anilines is 1. The Morgan fingerprint density at radius 2 is 2.08 bits per heavy atom. The van der Waals surface area contributed by atoms with Crippen LogP contribution in [0.15, 0.2) is 46.9 Å². The first-order chi connectivity index (χ1) is 11.5. The summed E-state index contributed by atoms with van der Waals surface area (Å²) in [5.41, 5.74) is 0.590. The van der Waals surface area contributed by atoms with Gasteiger partial charge >= 0.3 is 0 Å². The molecule has 0 aliphatic carbocycles. The van der Waals surface area contributed by atoms with E-state index in [0.717, 1.165) is 6.42 Å². The van der Waals surface area contributed by atoms with Crippen LogP contribution in [0.4, 0.5) is 10.1 Å². The molecule has 2 N–H and O–H groups in total. The molecule has 0 aliphatic rings. The molecule has 0 bridgehead atoms. The standard InChI is InChI=1S/C17H16BrFN2O2S/c1-2-8-23-13-5-3-4-11(9-13)16(22)21-17(24)20-15-7-6-12(18)10-14(15)19/h3-7,9-10H,2,8H2,1H3,(H2,20,21,22,24). The van der Waals surface area contributed by atoms with Crippen LogP contribution in [0, 0.1) is 5.82 Å². The molecule has 2 rings (SSSR count). The summed E-state index contributed by atoms with van der Waals surface area (Å²) in [5, 5.41) is 5.19. The van der Waals surface area contributed by atoms with E-state index in [9.17, 15) is 9.18 Å². The van der Waals surface area contributed by atoms with Crippen LogP contribution in [0.3, 0.4) is 0 Å². The maximum Gasteiger partial charge on any atom is 0.257 e. The molecule has 0 spiro atoms. The van der Waals surface area contributed by atoms with Crippen molar-refractivity contribution >= 4 is 44.9 Å². The summed E-state index contributed by atoms with van der Waals surface area (Å²) in [4.78, 5) is 12.2. The minimum Gasteiger partial charge on any atom is -0.494 e. The van der Waals surface area contributed by atoms with E-state index in [1.54, 1.807) is 30.3 Å². The third-order valence-electron chi connectivity index (χ3n) is 2.98. The molecule has 24 heavy (non-hydrogen) atoms. The lowest BCUT2D eigenvalue weighted by atomic mass is 10.2. The molecule has 2 aromatic rings. The zero-order valence-corrected chi connectivity index (χ0v) is 15.3. The van der Waals surface area contributed by atoms with Gasteiger partial charge < -0.3 is 10.1 Å². The number of carbonyl (C=O) groups is 1. The van der Waals surface area contributed by atoms with Crippen molar-refractivity contribution in [3.05, 3.63) is 58.3 Å². The Bertz CT molecular complexity index is 755. The van der Waals surface area contributed by atoms with Crippen molar-refractivity contribution in [3.63, 3.8) is 0 Å². The fraction of sp³-hybridized carbons (Fsp3) is 0.176. The van der Waals surface area contributed by atoms with Crippen molar-refractivity contribution < 1.29 is 13.9 Å². The molecule has 0 unspecified atom stereocenters. The Balaban J connectivity index is 1.99. The number of halogens is 2. The second kappa shape index (κ2) is 8.75. The summed E-state index contributed by atoms with van der Waals surface area (Å²) >= 11 is 8.23. The van der Waals surface area contributed by atoms with Crippen LogP contribution < -0.4 is 15.4 Å². The zero-order chi connectivity index (χ0) is 17.5. The molecule has 126 valence electrons. The number of nitrogens with one attached hydrogen (secondary N) is 2. The van der Waals surface area contributed by atoms with E-state index in [2.05, 4.69) is 26.6 Å². The molecule has 7 heteroatoms. The first-order valence-electron chi connectivity index (χ1n) is 7.30. The van der Waals surface area contributed by atoms with E-state index in [1.165, 1.54) is 12.1 Å². The maximum absolute atomic E-state index is 13.8. The van der Waals surface area contributed by atoms with E-state index >= 15 is 0 Å². The Morgan fingerprint density at radius 1 is 1.29 bits per heavy atom. The predicted molar refractivity (Wildman–Crippen MR) is 100 cm³/mol. The highest BCUT2D eigenvalue weighted by molar-refractivity contribution is 9.10. The molecule has 0 fully saturated rings. The highest BCUT2D eigenvalue weighted by atomic mass is 79.9.